The zero-order chi connectivity index (χ0) is 16.7. The number of esters is 1. The van der Waals surface area contributed by atoms with E-state index in [9.17, 15) is 9.59 Å². The minimum absolute atomic E-state index is 0.0911. The lowest BCUT2D eigenvalue weighted by Crippen LogP contribution is -2.03. The van der Waals surface area contributed by atoms with Crippen molar-refractivity contribution in [2.45, 2.75) is 20.8 Å². The van der Waals surface area contributed by atoms with E-state index in [1.54, 1.807) is 12.1 Å². The van der Waals surface area contributed by atoms with Gasteiger partial charge in [-0.05, 0) is 70.2 Å². The van der Waals surface area contributed by atoms with E-state index in [1.165, 1.54) is 6.92 Å². The molecule has 0 aromatic heterocycles. The molecule has 0 saturated heterocycles. The van der Waals surface area contributed by atoms with Gasteiger partial charge in [0.15, 0.2) is 0 Å². The van der Waals surface area contributed by atoms with Gasteiger partial charge in [-0.3, -0.25) is 9.59 Å². The third kappa shape index (κ3) is 2.63. The van der Waals surface area contributed by atoms with Crippen LogP contribution in [0.3, 0.4) is 0 Å². The highest BCUT2D eigenvalue weighted by molar-refractivity contribution is 9.12. The van der Waals surface area contributed by atoms with E-state index in [4.69, 9.17) is 4.74 Å². The van der Waals surface area contributed by atoms with Crippen LogP contribution in [0, 0.1) is 13.8 Å². The Labute approximate surface area is 143 Å². The number of hydrogen-bond acceptors (Lipinski definition) is 3. The van der Waals surface area contributed by atoms with Gasteiger partial charge in [0, 0.05) is 18.1 Å². The number of hydrogen-bond donors (Lipinski definition) is 0. The van der Waals surface area contributed by atoms with Gasteiger partial charge in [0.1, 0.15) is 5.75 Å². The number of rotatable bonds is 2. The first-order valence-corrected chi connectivity index (χ1v) is 8.03. The summed E-state index contributed by atoms with van der Waals surface area (Å²) >= 11 is 3.45. The molecule has 2 aromatic carbocycles. The van der Waals surface area contributed by atoms with Crippen molar-refractivity contribution >= 4 is 33.3 Å². The number of aryl methyl sites for hydroxylation is 2. The Bertz CT molecular complexity index is 858. The molecule has 0 saturated carbocycles. The molecule has 0 N–H and O–H groups in total. The first-order valence-electron chi connectivity index (χ1n) is 7.24. The summed E-state index contributed by atoms with van der Waals surface area (Å²) in [5, 5.41) is 0. The predicted octanol–water partition coefficient (Wildman–Crippen LogP) is 4.58. The molecule has 2 aromatic rings. The van der Waals surface area contributed by atoms with Crippen molar-refractivity contribution in [2.24, 2.45) is 0 Å². The van der Waals surface area contributed by atoms with Crippen LogP contribution >= 0.6 is 15.9 Å². The average molecular weight is 371 g/mol. The molecule has 3 rings (SSSR count). The topological polar surface area (TPSA) is 43.4 Å². The fourth-order valence-corrected chi connectivity index (χ4v) is 3.59. The molecule has 0 aliphatic heterocycles. The number of allylic oxidation sites excluding steroid dienone is 1. The van der Waals surface area contributed by atoms with Gasteiger partial charge in [-0.2, -0.15) is 0 Å². The Hall–Kier alpha value is -2.20. The summed E-state index contributed by atoms with van der Waals surface area (Å²) in [7, 11) is 0. The molecule has 1 aliphatic carbocycles. The number of ether oxygens (including phenoxy) is 1. The highest BCUT2D eigenvalue weighted by Crippen LogP contribution is 2.43. The summed E-state index contributed by atoms with van der Waals surface area (Å²) in [6.07, 6.45) is 0. The normalized spacial score (nSPS) is 13.3. The summed E-state index contributed by atoms with van der Waals surface area (Å²) in [5.74, 6) is -0.114. The van der Waals surface area contributed by atoms with Crippen LogP contribution in [0.4, 0.5) is 0 Å². The molecule has 0 spiro atoms. The Morgan fingerprint density at radius 3 is 2.30 bits per heavy atom. The van der Waals surface area contributed by atoms with E-state index in [0.29, 0.717) is 15.8 Å². The van der Waals surface area contributed by atoms with Crippen molar-refractivity contribution in [3.05, 3.63) is 68.7 Å². The fraction of sp³-hybridized carbons (Fsp3) is 0.158. The van der Waals surface area contributed by atoms with Crippen molar-refractivity contribution < 1.29 is 14.3 Å². The molecular formula is C19H15BrO3. The average Bonchev–Trinajstić information content (AvgIpc) is 2.72. The Kier molecular flexibility index (Phi) is 3.94. The van der Waals surface area contributed by atoms with Gasteiger partial charge in [-0.1, -0.05) is 18.2 Å². The monoisotopic (exact) mass is 370 g/mol. The molecule has 0 amide bonds. The molecule has 3 nitrogen and oxygen atoms in total. The molecule has 23 heavy (non-hydrogen) atoms. The zero-order valence-electron chi connectivity index (χ0n) is 13.1. The quantitative estimate of drug-likeness (QED) is 0.573. The lowest BCUT2D eigenvalue weighted by Gasteiger charge is -2.13. The fourth-order valence-electron chi connectivity index (χ4n) is 2.96. The first kappa shape index (κ1) is 15.7. The molecule has 0 fully saturated rings. The van der Waals surface area contributed by atoms with E-state index >= 15 is 0 Å². The summed E-state index contributed by atoms with van der Waals surface area (Å²) < 4.78 is 5.63. The van der Waals surface area contributed by atoms with Crippen LogP contribution in [-0.2, 0) is 4.79 Å². The molecule has 4 heteroatoms. The van der Waals surface area contributed by atoms with E-state index in [-0.39, 0.29) is 5.78 Å². The summed E-state index contributed by atoms with van der Waals surface area (Å²) in [6, 6.07) is 11.2. The molecule has 1 aliphatic rings. The third-order valence-corrected chi connectivity index (χ3v) is 4.67. The Morgan fingerprint density at radius 2 is 1.70 bits per heavy atom. The molecular weight excluding hydrogens is 356 g/mol. The van der Waals surface area contributed by atoms with Gasteiger partial charge < -0.3 is 4.74 Å². The number of ketones is 1. The Morgan fingerprint density at radius 1 is 1.04 bits per heavy atom. The molecule has 0 atom stereocenters. The number of carbonyl (C=O) groups is 2. The summed E-state index contributed by atoms with van der Waals surface area (Å²) in [4.78, 5) is 23.7. The molecule has 0 unspecified atom stereocenters. The minimum Gasteiger partial charge on any atom is -0.427 e. The summed E-state index contributed by atoms with van der Waals surface area (Å²) in [6.45, 7) is 5.40. The van der Waals surface area contributed by atoms with Crippen molar-refractivity contribution in [3.63, 3.8) is 0 Å². The lowest BCUT2D eigenvalue weighted by molar-refractivity contribution is -0.131. The van der Waals surface area contributed by atoms with Crippen LogP contribution in [0.25, 0.3) is 5.57 Å². The summed E-state index contributed by atoms with van der Waals surface area (Å²) in [5.41, 5.74) is 5.59. The molecule has 0 heterocycles. The van der Waals surface area contributed by atoms with Gasteiger partial charge in [0.25, 0.3) is 0 Å². The second-order valence-corrected chi connectivity index (χ2v) is 6.38. The molecule has 0 radical (unpaired) electrons. The molecule has 116 valence electrons. The highest BCUT2D eigenvalue weighted by atomic mass is 79.9. The smallest absolute Gasteiger partial charge is 0.308 e. The zero-order valence-corrected chi connectivity index (χ0v) is 14.7. The van der Waals surface area contributed by atoms with E-state index in [2.05, 4.69) is 15.9 Å². The van der Waals surface area contributed by atoms with E-state index in [0.717, 1.165) is 27.8 Å². The number of Topliss-reactive ketones (excluding diaryl/α,β-unsaturated/α-hetero) is 1. The van der Waals surface area contributed by atoms with Crippen LogP contribution in [0.15, 0.2) is 40.9 Å². The number of benzene rings is 2. The maximum Gasteiger partial charge on any atom is 0.308 e. The SMILES string of the molecule is CC(=O)Oc1ccc2c(c1)C(=O)C(Br)=C2c1c(C)cccc1C. The van der Waals surface area contributed by atoms with Gasteiger partial charge in [0.2, 0.25) is 5.78 Å². The van der Waals surface area contributed by atoms with Gasteiger partial charge in [0.05, 0.1) is 4.48 Å². The van der Waals surface area contributed by atoms with Gasteiger partial charge >= 0.3 is 5.97 Å². The van der Waals surface area contributed by atoms with Crippen LogP contribution in [0.2, 0.25) is 0 Å². The molecule has 0 bridgehead atoms. The highest BCUT2D eigenvalue weighted by Gasteiger charge is 2.30. The lowest BCUT2D eigenvalue weighted by atomic mass is 9.92. The maximum absolute atomic E-state index is 12.6. The van der Waals surface area contributed by atoms with Crippen LogP contribution in [0.1, 0.15) is 39.5 Å². The van der Waals surface area contributed by atoms with E-state index in [1.807, 2.05) is 38.1 Å². The number of fused-ring (bicyclic) bond motifs is 1. The largest absolute Gasteiger partial charge is 0.427 e. The van der Waals surface area contributed by atoms with Gasteiger partial charge in [-0.15, -0.1) is 0 Å². The van der Waals surface area contributed by atoms with E-state index < -0.39 is 5.97 Å². The minimum atomic E-state index is -0.405. The first-order chi connectivity index (χ1) is 10.9. The standard InChI is InChI=1S/C19H15BrO3/c1-10-5-4-6-11(2)16(10)17-14-8-7-13(23-12(3)21)9-15(14)19(22)18(17)20/h4-9H,1-3H3. The van der Waals surface area contributed by atoms with Crippen molar-refractivity contribution in [2.75, 3.05) is 0 Å². The maximum atomic E-state index is 12.6. The van der Waals surface area contributed by atoms with Crippen molar-refractivity contribution in [3.8, 4) is 5.75 Å². The third-order valence-electron chi connectivity index (χ3n) is 3.92. The second-order valence-electron chi connectivity index (χ2n) is 5.59. The predicted molar refractivity (Wildman–Crippen MR) is 92.9 cm³/mol. The van der Waals surface area contributed by atoms with Gasteiger partial charge in [-0.25, -0.2) is 0 Å². The van der Waals surface area contributed by atoms with Crippen LogP contribution < -0.4 is 4.74 Å². The van der Waals surface area contributed by atoms with Crippen molar-refractivity contribution in [1.29, 1.82) is 0 Å². The van der Waals surface area contributed by atoms with Crippen LogP contribution in [-0.4, -0.2) is 11.8 Å². The second kappa shape index (κ2) is 5.78. The van der Waals surface area contributed by atoms with Crippen LogP contribution in [0.5, 0.6) is 5.75 Å². The van der Waals surface area contributed by atoms with Crippen molar-refractivity contribution in [1.82, 2.24) is 0 Å². The number of carbonyl (C=O) groups excluding carboxylic acids is 2. The Balaban J connectivity index is 2.19. The number of halogens is 1.